The zero-order valence-electron chi connectivity index (χ0n) is 5.80. The topological polar surface area (TPSA) is 0 Å². The molecule has 0 heterocycles. The highest BCUT2D eigenvalue weighted by molar-refractivity contribution is 6.32. The third-order valence-electron chi connectivity index (χ3n) is 1.38. The minimum absolute atomic E-state index is 1.21. The standard InChI is InChI=1S/C8H11B/c1-9-7-8-5-3-2-4-6-8/h2-6,9H,7H2,1H3. The van der Waals surface area contributed by atoms with Crippen LogP contribution in [0.2, 0.25) is 6.82 Å². The Labute approximate surface area is 57.1 Å². The first-order chi connectivity index (χ1) is 4.43. The third-order valence-corrected chi connectivity index (χ3v) is 1.38. The van der Waals surface area contributed by atoms with Gasteiger partial charge in [-0.2, -0.15) is 0 Å². The molecule has 0 amide bonds. The first-order valence-electron chi connectivity index (χ1n) is 3.47. The molecule has 1 aromatic rings. The van der Waals surface area contributed by atoms with Gasteiger partial charge in [0.1, 0.15) is 7.28 Å². The van der Waals surface area contributed by atoms with E-state index in [1.165, 1.54) is 19.2 Å². The van der Waals surface area contributed by atoms with Gasteiger partial charge in [0.2, 0.25) is 0 Å². The molecule has 9 heavy (non-hydrogen) atoms. The van der Waals surface area contributed by atoms with Crippen molar-refractivity contribution in [2.75, 3.05) is 0 Å². The quantitative estimate of drug-likeness (QED) is 0.518. The van der Waals surface area contributed by atoms with Gasteiger partial charge in [-0.05, 0) is 0 Å². The highest BCUT2D eigenvalue weighted by Crippen LogP contribution is 1.97. The van der Waals surface area contributed by atoms with E-state index >= 15 is 0 Å². The molecule has 0 fully saturated rings. The van der Waals surface area contributed by atoms with Crippen LogP contribution < -0.4 is 0 Å². The maximum Gasteiger partial charge on any atom is 0.122 e. The van der Waals surface area contributed by atoms with Crippen molar-refractivity contribution >= 4 is 7.28 Å². The summed E-state index contributed by atoms with van der Waals surface area (Å²) in [5.74, 6) is 0. The normalized spacial score (nSPS) is 9.00. The molecule has 0 aliphatic carbocycles. The van der Waals surface area contributed by atoms with Gasteiger partial charge in [-0.15, -0.1) is 0 Å². The molecule has 0 aliphatic rings. The maximum atomic E-state index is 2.20. The lowest BCUT2D eigenvalue weighted by Gasteiger charge is -1.92. The Hall–Kier alpha value is -0.715. The fraction of sp³-hybridized carbons (Fsp3) is 0.250. The summed E-state index contributed by atoms with van der Waals surface area (Å²) in [6, 6.07) is 10.6. The van der Waals surface area contributed by atoms with Gasteiger partial charge in [-0.1, -0.05) is 49.0 Å². The molecular weight excluding hydrogens is 107 g/mol. The summed E-state index contributed by atoms with van der Waals surface area (Å²) in [7, 11) is 1.24. The van der Waals surface area contributed by atoms with Gasteiger partial charge in [0, 0.05) is 0 Å². The molecule has 0 radical (unpaired) electrons. The summed E-state index contributed by atoms with van der Waals surface area (Å²) in [5.41, 5.74) is 1.44. The molecule has 0 nitrogen and oxygen atoms in total. The van der Waals surface area contributed by atoms with Crippen molar-refractivity contribution < 1.29 is 0 Å². The molecule has 0 spiro atoms. The first-order valence-corrected chi connectivity index (χ1v) is 3.47. The highest BCUT2D eigenvalue weighted by Gasteiger charge is 1.86. The summed E-state index contributed by atoms with van der Waals surface area (Å²) in [4.78, 5) is 0. The second-order valence-electron chi connectivity index (χ2n) is 2.24. The van der Waals surface area contributed by atoms with Crippen molar-refractivity contribution in [1.82, 2.24) is 0 Å². The van der Waals surface area contributed by atoms with Crippen molar-refractivity contribution in [3.63, 3.8) is 0 Å². The minimum atomic E-state index is 1.21. The van der Waals surface area contributed by atoms with Gasteiger partial charge in [0.05, 0.1) is 0 Å². The zero-order valence-corrected chi connectivity index (χ0v) is 5.80. The fourth-order valence-electron chi connectivity index (χ4n) is 0.933. The van der Waals surface area contributed by atoms with Crippen molar-refractivity contribution in [1.29, 1.82) is 0 Å². The van der Waals surface area contributed by atoms with E-state index in [1.807, 2.05) is 0 Å². The Morgan fingerprint density at radius 3 is 2.44 bits per heavy atom. The third kappa shape index (κ3) is 1.92. The van der Waals surface area contributed by atoms with Gasteiger partial charge in [-0.25, -0.2) is 0 Å². The molecular formula is C8H11B. The lowest BCUT2D eigenvalue weighted by molar-refractivity contribution is 1.38. The van der Waals surface area contributed by atoms with Crippen LogP contribution in [0, 0.1) is 0 Å². The van der Waals surface area contributed by atoms with Gasteiger partial charge < -0.3 is 0 Å². The van der Waals surface area contributed by atoms with E-state index in [2.05, 4.69) is 37.2 Å². The number of rotatable bonds is 2. The van der Waals surface area contributed by atoms with E-state index < -0.39 is 0 Å². The highest BCUT2D eigenvalue weighted by atomic mass is 13.8. The lowest BCUT2D eigenvalue weighted by Crippen LogP contribution is -1.88. The maximum absolute atomic E-state index is 2.20. The largest absolute Gasteiger partial charge is 0.122 e. The zero-order chi connectivity index (χ0) is 6.53. The van der Waals surface area contributed by atoms with Crippen molar-refractivity contribution in [3.05, 3.63) is 35.9 Å². The number of hydrogen-bond donors (Lipinski definition) is 0. The van der Waals surface area contributed by atoms with Crippen LogP contribution >= 0.6 is 0 Å². The van der Waals surface area contributed by atoms with Crippen LogP contribution in [-0.4, -0.2) is 7.28 Å². The second-order valence-corrected chi connectivity index (χ2v) is 2.24. The van der Waals surface area contributed by atoms with Crippen LogP contribution in [0.4, 0.5) is 0 Å². The van der Waals surface area contributed by atoms with Crippen LogP contribution in [0.1, 0.15) is 5.56 Å². The van der Waals surface area contributed by atoms with Gasteiger partial charge in [-0.3, -0.25) is 0 Å². The molecule has 46 valence electrons. The summed E-state index contributed by atoms with van der Waals surface area (Å²) in [6.07, 6.45) is 1.21. The molecule has 1 heteroatoms. The summed E-state index contributed by atoms with van der Waals surface area (Å²) >= 11 is 0. The minimum Gasteiger partial charge on any atom is -0.0891 e. The molecule has 0 unspecified atom stereocenters. The van der Waals surface area contributed by atoms with E-state index in [0.717, 1.165) is 0 Å². The Morgan fingerprint density at radius 2 is 1.89 bits per heavy atom. The van der Waals surface area contributed by atoms with Gasteiger partial charge >= 0.3 is 0 Å². The van der Waals surface area contributed by atoms with Crippen LogP contribution in [0.15, 0.2) is 30.3 Å². The Bertz CT molecular complexity index is 157. The predicted molar refractivity (Wildman–Crippen MR) is 43.2 cm³/mol. The fourth-order valence-corrected chi connectivity index (χ4v) is 0.933. The smallest absolute Gasteiger partial charge is 0.0891 e. The molecule has 0 saturated heterocycles. The van der Waals surface area contributed by atoms with E-state index in [9.17, 15) is 0 Å². The summed E-state index contributed by atoms with van der Waals surface area (Å²) in [6.45, 7) is 2.20. The monoisotopic (exact) mass is 118 g/mol. The molecule has 0 aliphatic heterocycles. The lowest BCUT2D eigenvalue weighted by atomic mass is 9.75. The Kier molecular flexibility index (Phi) is 2.38. The molecule has 1 aromatic carbocycles. The van der Waals surface area contributed by atoms with E-state index in [-0.39, 0.29) is 0 Å². The van der Waals surface area contributed by atoms with Crippen molar-refractivity contribution in [2.24, 2.45) is 0 Å². The van der Waals surface area contributed by atoms with E-state index in [4.69, 9.17) is 0 Å². The Morgan fingerprint density at radius 1 is 1.22 bits per heavy atom. The summed E-state index contributed by atoms with van der Waals surface area (Å²) < 4.78 is 0. The second kappa shape index (κ2) is 3.34. The molecule has 0 atom stereocenters. The molecule has 0 saturated carbocycles. The Balaban J connectivity index is 2.61. The van der Waals surface area contributed by atoms with Crippen molar-refractivity contribution in [2.45, 2.75) is 13.1 Å². The number of benzene rings is 1. The van der Waals surface area contributed by atoms with Crippen LogP contribution in [0.3, 0.4) is 0 Å². The molecule has 0 bridgehead atoms. The molecule has 0 N–H and O–H groups in total. The average molecular weight is 118 g/mol. The van der Waals surface area contributed by atoms with Gasteiger partial charge in [0.15, 0.2) is 0 Å². The molecule has 0 aromatic heterocycles. The van der Waals surface area contributed by atoms with Crippen LogP contribution in [-0.2, 0) is 6.32 Å². The average Bonchev–Trinajstić information content (AvgIpc) is 1.91. The molecule has 1 rings (SSSR count). The van der Waals surface area contributed by atoms with Gasteiger partial charge in [0.25, 0.3) is 0 Å². The first kappa shape index (κ1) is 6.41. The summed E-state index contributed by atoms with van der Waals surface area (Å²) in [5, 5.41) is 0. The van der Waals surface area contributed by atoms with Crippen LogP contribution in [0.5, 0.6) is 0 Å². The van der Waals surface area contributed by atoms with E-state index in [1.54, 1.807) is 0 Å². The van der Waals surface area contributed by atoms with Crippen LogP contribution in [0.25, 0.3) is 0 Å². The SMILES string of the molecule is CBCc1ccccc1. The predicted octanol–water partition coefficient (Wildman–Crippen LogP) is 1.67. The van der Waals surface area contributed by atoms with E-state index in [0.29, 0.717) is 0 Å². The van der Waals surface area contributed by atoms with Crippen molar-refractivity contribution in [3.8, 4) is 0 Å². The number of hydrogen-bond acceptors (Lipinski definition) is 0.